The third-order valence-corrected chi connectivity index (χ3v) is 3.13. The maximum absolute atomic E-state index is 12.7. The standard InChI is InChI=1S/C17H18FNO3/c1-12-9-13(3-8-16(12)21-2)10-19-17(20)11-22-15-6-4-14(18)5-7-15/h3-9H,10-11H2,1-2H3,(H,19,20). The van der Waals surface area contributed by atoms with Crippen LogP contribution in [-0.2, 0) is 11.3 Å². The lowest BCUT2D eigenvalue weighted by Crippen LogP contribution is -2.28. The zero-order valence-corrected chi connectivity index (χ0v) is 12.6. The van der Waals surface area contributed by atoms with E-state index in [2.05, 4.69) is 5.32 Å². The molecule has 5 heteroatoms. The Morgan fingerprint density at radius 1 is 1.18 bits per heavy atom. The van der Waals surface area contributed by atoms with Gasteiger partial charge in [0.05, 0.1) is 7.11 Å². The van der Waals surface area contributed by atoms with Crippen molar-refractivity contribution in [1.29, 1.82) is 0 Å². The van der Waals surface area contributed by atoms with Gasteiger partial charge in [-0.3, -0.25) is 4.79 Å². The molecular weight excluding hydrogens is 285 g/mol. The summed E-state index contributed by atoms with van der Waals surface area (Å²) >= 11 is 0. The van der Waals surface area contributed by atoms with E-state index in [-0.39, 0.29) is 18.3 Å². The summed E-state index contributed by atoms with van der Waals surface area (Å²) in [6.45, 7) is 2.25. The summed E-state index contributed by atoms with van der Waals surface area (Å²) < 4.78 is 23.2. The smallest absolute Gasteiger partial charge is 0.258 e. The molecule has 0 unspecified atom stereocenters. The molecule has 0 atom stereocenters. The van der Waals surface area contributed by atoms with Crippen LogP contribution in [0.15, 0.2) is 42.5 Å². The Morgan fingerprint density at radius 2 is 1.91 bits per heavy atom. The van der Waals surface area contributed by atoms with E-state index in [0.717, 1.165) is 16.9 Å². The maximum atomic E-state index is 12.7. The van der Waals surface area contributed by atoms with Gasteiger partial charge in [-0.05, 0) is 48.4 Å². The average molecular weight is 303 g/mol. The van der Waals surface area contributed by atoms with E-state index in [1.165, 1.54) is 24.3 Å². The minimum absolute atomic E-state index is 0.110. The van der Waals surface area contributed by atoms with Crippen molar-refractivity contribution in [3.8, 4) is 11.5 Å². The normalized spacial score (nSPS) is 10.1. The quantitative estimate of drug-likeness (QED) is 0.892. The van der Waals surface area contributed by atoms with Crippen molar-refractivity contribution in [2.24, 2.45) is 0 Å². The monoisotopic (exact) mass is 303 g/mol. The van der Waals surface area contributed by atoms with E-state index in [1.807, 2.05) is 25.1 Å². The third-order valence-electron chi connectivity index (χ3n) is 3.13. The second-order valence-corrected chi connectivity index (χ2v) is 4.82. The number of methoxy groups -OCH3 is 1. The van der Waals surface area contributed by atoms with Gasteiger partial charge in [-0.15, -0.1) is 0 Å². The van der Waals surface area contributed by atoms with Gasteiger partial charge in [0.2, 0.25) is 0 Å². The lowest BCUT2D eigenvalue weighted by atomic mass is 10.1. The Kier molecular flexibility index (Phi) is 5.36. The summed E-state index contributed by atoms with van der Waals surface area (Å²) in [5.74, 6) is 0.691. The van der Waals surface area contributed by atoms with E-state index < -0.39 is 0 Å². The fourth-order valence-corrected chi connectivity index (χ4v) is 1.98. The number of hydrogen-bond donors (Lipinski definition) is 1. The minimum atomic E-state index is -0.341. The molecule has 0 heterocycles. The third kappa shape index (κ3) is 4.48. The average Bonchev–Trinajstić information content (AvgIpc) is 2.52. The number of rotatable bonds is 6. The largest absolute Gasteiger partial charge is 0.496 e. The van der Waals surface area contributed by atoms with Crippen molar-refractivity contribution >= 4 is 5.91 Å². The van der Waals surface area contributed by atoms with Crippen LogP contribution in [0.1, 0.15) is 11.1 Å². The second-order valence-electron chi connectivity index (χ2n) is 4.82. The lowest BCUT2D eigenvalue weighted by Gasteiger charge is -2.09. The van der Waals surface area contributed by atoms with E-state index in [9.17, 15) is 9.18 Å². The van der Waals surface area contributed by atoms with Gasteiger partial charge >= 0.3 is 0 Å². The molecule has 2 aromatic rings. The Bertz CT molecular complexity index is 641. The lowest BCUT2D eigenvalue weighted by molar-refractivity contribution is -0.123. The Hall–Kier alpha value is -2.56. The first-order chi connectivity index (χ1) is 10.6. The van der Waals surface area contributed by atoms with Crippen molar-refractivity contribution in [2.75, 3.05) is 13.7 Å². The number of carbonyl (C=O) groups is 1. The first-order valence-electron chi connectivity index (χ1n) is 6.87. The highest BCUT2D eigenvalue weighted by Gasteiger charge is 2.05. The SMILES string of the molecule is COc1ccc(CNC(=O)COc2ccc(F)cc2)cc1C. The molecule has 0 bridgehead atoms. The van der Waals surface area contributed by atoms with Crippen molar-refractivity contribution in [3.63, 3.8) is 0 Å². The fourth-order valence-electron chi connectivity index (χ4n) is 1.98. The highest BCUT2D eigenvalue weighted by atomic mass is 19.1. The van der Waals surface area contributed by atoms with Gasteiger partial charge in [0.15, 0.2) is 6.61 Å². The van der Waals surface area contributed by atoms with Crippen molar-refractivity contribution < 1.29 is 18.7 Å². The maximum Gasteiger partial charge on any atom is 0.258 e. The first-order valence-corrected chi connectivity index (χ1v) is 6.87. The number of carbonyl (C=O) groups excluding carboxylic acids is 1. The summed E-state index contributed by atoms with van der Waals surface area (Å²) in [4.78, 5) is 11.7. The zero-order chi connectivity index (χ0) is 15.9. The highest BCUT2D eigenvalue weighted by Crippen LogP contribution is 2.18. The second kappa shape index (κ2) is 7.45. The first kappa shape index (κ1) is 15.8. The molecular formula is C17H18FNO3. The van der Waals surface area contributed by atoms with Crippen LogP contribution in [0.2, 0.25) is 0 Å². The topological polar surface area (TPSA) is 47.6 Å². The van der Waals surface area contributed by atoms with E-state index in [0.29, 0.717) is 12.3 Å². The molecule has 4 nitrogen and oxygen atoms in total. The van der Waals surface area contributed by atoms with Crippen LogP contribution >= 0.6 is 0 Å². The van der Waals surface area contributed by atoms with E-state index >= 15 is 0 Å². The van der Waals surface area contributed by atoms with Crippen LogP contribution in [0.3, 0.4) is 0 Å². The number of ether oxygens (including phenoxy) is 2. The van der Waals surface area contributed by atoms with Crippen LogP contribution in [0, 0.1) is 12.7 Å². The molecule has 0 aromatic heterocycles. The minimum Gasteiger partial charge on any atom is -0.496 e. The fraction of sp³-hybridized carbons (Fsp3) is 0.235. The van der Waals surface area contributed by atoms with Gasteiger partial charge in [-0.1, -0.05) is 12.1 Å². The van der Waals surface area contributed by atoms with Gasteiger partial charge in [0, 0.05) is 6.54 Å². The van der Waals surface area contributed by atoms with Gasteiger partial charge < -0.3 is 14.8 Å². The predicted octanol–water partition coefficient (Wildman–Crippen LogP) is 2.84. The van der Waals surface area contributed by atoms with Crippen LogP contribution in [0.4, 0.5) is 4.39 Å². The zero-order valence-electron chi connectivity index (χ0n) is 12.6. The predicted molar refractivity (Wildman–Crippen MR) is 81.5 cm³/mol. The molecule has 0 aliphatic rings. The Labute approximate surface area is 128 Å². The summed E-state index contributed by atoms with van der Waals surface area (Å²) in [5, 5.41) is 2.77. The van der Waals surface area contributed by atoms with Crippen molar-refractivity contribution in [1.82, 2.24) is 5.32 Å². The molecule has 0 fully saturated rings. The number of aryl methyl sites for hydroxylation is 1. The van der Waals surface area contributed by atoms with Crippen molar-refractivity contribution in [3.05, 3.63) is 59.4 Å². The number of amides is 1. The molecule has 0 saturated heterocycles. The summed E-state index contributed by atoms with van der Waals surface area (Å²) in [5.41, 5.74) is 1.99. The van der Waals surface area contributed by atoms with Gasteiger partial charge in [0.1, 0.15) is 17.3 Å². The molecule has 0 aliphatic heterocycles. The number of benzene rings is 2. The van der Waals surface area contributed by atoms with Gasteiger partial charge in [0.25, 0.3) is 5.91 Å². The number of nitrogens with one attached hydrogen (secondary N) is 1. The highest BCUT2D eigenvalue weighted by molar-refractivity contribution is 5.77. The molecule has 2 aromatic carbocycles. The number of halogens is 1. The molecule has 1 amide bonds. The molecule has 0 aliphatic carbocycles. The molecule has 1 N–H and O–H groups in total. The Morgan fingerprint density at radius 3 is 2.55 bits per heavy atom. The molecule has 0 radical (unpaired) electrons. The van der Waals surface area contributed by atoms with Crippen molar-refractivity contribution in [2.45, 2.75) is 13.5 Å². The van der Waals surface area contributed by atoms with E-state index in [1.54, 1.807) is 7.11 Å². The van der Waals surface area contributed by atoms with Crippen LogP contribution in [0.5, 0.6) is 11.5 Å². The summed E-state index contributed by atoms with van der Waals surface area (Å²) in [6.07, 6.45) is 0. The van der Waals surface area contributed by atoms with Gasteiger partial charge in [-0.2, -0.15) is 0 Å². The molecule has 2 rings (SSSR count). The number of hydrogen-bond acceptors (Lipinski definition) is 3. The van der Waals surface area contributed by atoms with Crippen LogP contribution < -0.4 is 14.8 Å². The van der Waals surface area contributed by atoms with Crippen LogP contribution in [-0.4, -0.2) is 19.6 Å². The molecule has 22 heavy (non-hydrogen) atoms. The summed E-state index contributed by atoms with van der Waals surface area (Å²) in [7, 11) is 1.62. The van der Waals surface area contributed by atoms with Gasteiger partial charge in [-0.25, -0.2) is 4.39 Å². The summed E-state index contributed by atoms with van der Waals surface area (Å²) in [6, 6.07) is 11.3. The van der Waals surface area contributed by atoms with Crippen LogP contribution in [0.25, 0.3) is 0 Å². The molecule has 0 saturated carbocycles. The van der Waals surface area contributed by atoms with E-state index in [4.69, 9.17) is 9.47 Å². The Balaban J connectivity index is 1.80. The molecule has 0 spiro atoms. The molecule has 116 valence electrons.